The van der Waals surface area contributed by atoms with Crippen LogP contribution in [0, 0.1) is 17.2 Å². The molecule has 0 aliphatic carbocycles. The van der Waals surface area contributed by atoms with E-state index in [1.807, 2.05) is 37.4 Å². The van der Waals surface area contributed by atoms with Gasteiger partial charge < -0.3 is 14.1 Å². The van der Waals surface area contributed by atoms with E-state index < -0.39 is 10.1 Å². The van der Waals surface area contributed by atoms with Gasteiger partial charge in [0, 0.05) is 29.6 Å². The minimum absolute atomic E-state index is 0.0327. The Hall–Kier alpha value is -3.83. The Morgan fingerprint density at radius 2 is 1.97 bits per heavy atom. The van der Waals surface area contributed by atoms with Crippen LogP contribution in [-0.4, -0.2) is 36.8 Å². The molecule has 7 nitrogen and oxygen atoms in total. The second-order valence-electron chi connectivity index (χ2n) is 8.99. The lowest BCUT2D eigenvalue weighted by Gasteiger charge is -2.23. The number of hydrogen-bond donors (Lipinski definition) is 1. The maximum atomic E-state index is 13.0. The van der Waals surface area contributed by atoms with Gasteiger partial charge in [-0.25, -0.2) is 0 Å². The molecule has 4 aromatic rings. The summed E-state index contributed by atoms with van der Waals surface area (Å²) >= 11 is 0. The van der Waals surface area contributed by atoms with E-state index in [0.717, 1.165) is 33.7 Å². The fourth-order valence-electron chi connectivity index (χ4n) is 4.74. The van der Waals surface area contributed by atoms with Crippen LogP contribution in [0.25, 0.3) is 21.7 Å². The average molecular weight is 488 g/mol. The Balaban J connectivity index is 1.37. The van der Waals surface area contributed by atoms with Crippen LogP contribution >= 0.6 is 0 Å². The van der Waals surface area contributed by atoms with Gasteiger partial charge in [0.15, 0.2) is 0 Å². The zero-order chi connectivity index (χ0) is 24.6. The van der Waals surface area contributed by atoms with Crippen molar-refractivity contribution in [3.63, 3.8) is 0 Å². The Morgan fingerprint density at radius 3 is 2.77 bits per heavy atom. The van der Waals surface area contributed by atoms with E-state index >= 15 is 0 Å². The van der Waals surface area contributed by atoms with E-state index in [2.05, 4.69) is 11.1 Å². The van der Waals surface area contributed by atoms with Crippen LogP contribution in [0.3, 0.4) is 0 Å². The third-order valence-electron chi connectivity index (χ3n) is 6.59. The lowest BCUT2D eigenvalue weighted by molar-refractivity contribution is -0.134. The molecule has 5 rings (SSSR count). The van der Waals surface area contributed by atoms with E-state index in [4.69, 9.17) is 4.18 Å². The predicted molar refractivity (Wildman–Crippen MR) is 133 cm³/mol. The lowest BCUT2D eigenvalue weighted by atomic mass is 9.99. The number of carbonyl (C=O) groups is 1. The van der Waals surface area contributed by atoms with Gasteiger partial charge in [0.2, 0.25) is 5.91 Å². The molecular weight excluding hydrogens is 462 g/mol. The van der Waals surface area contributed by atoms with E-state index in [-0.39, 0.29) is 28.5 Å². The molecule has 1 aromatic heterocycles. The van der Waals surface area contributed by atoms with Crippen LogP contribution in [0.2, 0.25) is 0 Å². The molecule has 1 fully saturated rings. The summed E-state index contributed by atoms with van der Waals surface area (Å²) in [7, 11) is -4.03. The molecule has 1 aliphatic rings. The summed E-state index contributed by atoms with van der Waals surface area (Å²) in [5.41, 5.74) is 1.72. The van der Waals surface area contributed by atoms with Gasteiger partial charge in [-0.2, -0.15) is 13.7 Å². The van der Waals surface area contributed by atoms with Crippen molar-refractivity contribution >= 4 is 37.7 Å². The number of nitrogens with one attached hydrogen (secondary N) is 1. The molecule has 178 valence electrons. The normalized spacial score (nSPS) is 16.9. The van der Waals surface area contributed by atoms with Crippen LogP contribution < -0.4 is 4.18 Å². The first kappa shape index (κ1) is 22.9. The lowest BCUT2D eigenvalue weighted by Crippen LogP contribution is -2.38. The van der Waals surface area contributed by atoms with Gasteiger partial charge in [-0.1, -0.05) is 37.3 Å². The third-order valence-corrected chi connectivity index (χ3v) is 7.83. The number of amides is 1. The summed E-state index contributed by atoms with van der Waals surface area (Å²) in [6, 6.07) is 19.4. The first-order valence-electron chi connectivity index (χ1n) is 11.6. The van der Waals surface area contributed by atoms with Gasteiger partial charge in [0.25, 0.3) is 0 Å². The van der Waals surface area contributed by atoms with Crippen molar-refractivity contribution in [3.05, 3.63) is 72.4 Å². The summed E-state index contributed by atoms with van der Waals surface area (Å²) < 4.78 is 31.4. The van der Waals surface area contributed by atoms with E-state index in [0.29, 0.717) is 19.4 Å². The molecule has 35 heavy (non-hydrogen) atoms. The fourth-order valence-corrected chi connectivity index (χ4v) is 5.70. The smallest absolute Gasteiger partial charge is 0.339 e. The monoisotopic (exact) mass is 487 g/mol. The average Bonchev–Trinajstić information content (AvgIpc) is 3.50. The standard InChI is InChI=1S/C27H25N3O4S/c1-18(27(31)30-12-4-7-22(30)16-28)13-21-17-29-26-11-9-23(15-25(21)26)34-35(32,33)24-10-8-19-5-2-3-6-20(19)14-24/h2-3,5-6,8-11,14-15,17-18,22,29H,4,7,12-13H2,1H3/t18?,22-/m0/s1. The number of aromatic nitrogens is 1. The minimum Gasteiger partial charge on any atom is -0.379 e. The second kappa shape index (κ2) is 9.08. The summed E-state index contributed by atoms with van der Waals surface area (Å²) in [5, 5.41) is 11.9. The maximum Gasteiger partial charge on any atom is 0.339 e. The van der Waals surface area contributed by atoms with Gasteiger partial charge in [-0.3, -0.25) is 4.79 Å². The first-order valence-corrected chi connectivity index (χ1v) is 13.0. The van der Waals surface area contributed by atoms with E-state index in [1.54, 1.807) is 35.2 Å². The zero-order valence-electron chi connectivity index (χ0n) is 19.3. The molecule has 0 spiro atoms. The van der Waals surface area contributed by atoms with Gasteiger partial charge in [0.05, 0.1) is 6.07 Å². The highest BCUT2D eigenvalue weighted by molar-refractivity contribution is 7.87. The van der Waals surface area contributed by atoms with Gasteiger partial charge in [0.1, 0.15) is 16.7 Å². The van der Waals surface area contributed by atoms with Crippen molar-refractivity contribution in [2.24, 2.45) is 5.92 Å². The molecule has 1 amide bonds. The third kappa shape index (κ3) is 4.47. The molecule has 3 aromatic carbocycles. The van der Waals surface area contributed by atoms with E-state index in [9.17, 15) is 18.5 Å². The molecular formula is C27H25N3O4S. The highest BCUT2D eigenvalue weighted by atomic mass is 32.2. The number of nitrogens with zero attached hydrogens (tertiary/aromatic N) is 2. The number of rotatable bonds is 6. The molecule has 2 atom stereocenters. The maximum absolute atomic E-state index is 13.0. The molecule has 1 unspecified atom stereocenters. The Labute approximate surface area is 204 Å². The van der Waals surface area contributed by atoms with Gasteiger partial charge in [-0.05, 0) is 65.9 Å². The first-order chi connectivity index (χ1) is 16.9. The van der Waals surface area contributed by atoms with Crippen molar-refractivity contribution in [1.29, 1.82) is 5.26 Å². The number of nitriles is 1. The Kier molecular flexibility index (Phi) is 5.95. The molecule has 2 heterocycles. The van der Waals surface area contributed by atoms with Gasteiger partial charge in [-0.15, -0.1) is 0 Å². The minimum atomic E-state index is -4.03. The Bertz CT molecular complexity index is 1570. The SMILES string of the molecule is CC(Cc1c[nH]c2ccc(OS(=O)(=O)c3ccc4ccccc4c3)cc12)C(=O)N1CCC[C@H]1C#N. The Morgan fingerprint density at radius 1 is 1.17 bits per heavy atom. The number of benzene rings is 3. The fraction of sp³-hybridized carbons (Fsp3) is 0.259. The summed E-state index contributed by atoms with van der Waals surface area (Å²) in [6.07, 6.45) is 3.86. The molecule has 1 aliphatic heterocycles. The highest BCUT2D eigenvalue weighted by Crippen LogP contribution is 2.29. The molecule has 0 saturated carbocycles. The largest absolute Gasteiger partial charge is 0.379 e. The van der Waals surface area contributed by atoms with Crippen LogP contribution in [0.5, 0.6) is 5.75 Å². The molecule has 1 saturated heterocycles. The van der Waals surface area contributed by atoms with Crippen molar-refractivity contribution in [2.75, 3.05) is 6.54 Å². The molecule has 0 bridgehead atoms. The van der Waals surface area contributed by atoms with Crippen LogP contribution in [0.15, 0.2) is 71.8 Å². The van der Waals surface area contributed by atoms with Crippen molar-refractivity contribution in [2.45, 2.75) is 37.1 Å². The van der Waals surface area contributed by atoms with E-state index in [1.165, 1.54) is 6.07 Å². The topological polar surface area (TPSA) is 103 Å². The molecule has 1 N–H and O–H groups in total. The van der Waals surface area contributed by atoms with Crippen molar-refractivity contribution < 1.29 is 17.4 Å². The predicted octanol–water partition coefficient (Wildman–Crippen LogP) is 4.78. The van der Waals surface area contributed by atoms with Crippen molar-refractivity contribution in [1.82, 2.24) is 9.88 Å². The number of carbonyl (C=O) groups excluding carboxylic acids is 1. The zero-order valence-corrected chi connectivity index (χ0v) is 20.1. The van der Waals surface area contributed by atoms with Crippen LogP contribution in [0.4, 0.5) is 0 Å². The summed E-state index contributed by atoms with van der Waals surface area (Å²) in [6.45, 7) is 2.47. The number of fused-ring (bicyclic) bond motifs is 2. The number of aromatic amines is 1. The molecule has 0 radical (unpaired) electrons. The second-order valence-corrected chi connectivity index (χ2v) is 10.5. The van der Waals surface area contributed by atoms with Crippen molar-refractivity contribution in [3.8, 4) is 11.8 Å². The number of hydrogen-bond acceptors (Lipinski definition) is 5. The van der Waals surface area contributed by atoms with Crippen LogP contribution in [0.1, 0.15) is 25.3 Å². The summed E-state index contributed by atoms with van der Waals surface area (Å²) in [4.78, 5) is 17.9. The number of likely N-dealkylation sites (tertiary alicyclic amines) is 1. The number of H-pyrrole nitrogens is 1. The van der Waals surface area contributed by atoms with Gasteiger partial charge >= 0.3 is 10.1 Å². The quantitative estimate of drug-likeness (QED) is 0.394. The van der Waals surface area contributed by atoms with Crippen LogP contribution in [-0.2, 0) is 21.3 Å². The molecule has 8 heteroatoms. The highest BCUT2D eigenvalue weighted by Gasteiger charge is 2.31. The summed E-state index contributed by atoms with van der Waals surface area (Å²) in [5.74, 6) is -0.141.